The first-order chi connectivity index (χ1) is 19.0. The number of carbonyl (C=O) groups is 4. The van der Waals surface area contributed by atoms with Gasteiger partial charge in [-0.2, -0.15) is 0 Å². The number of amides is 3. The zero-order valence-electron chi connectivity index (χ0n) is 23.2. The van der Waals surface area contributed by atoms with E-state index in [-0.39, 0.29) is 31.1 Å². The number of benzene rings is 1. The molecule has 2 heterocycles. The molecule has 3 rings (SSSR count). The van der Waals surface area contributed by atoms with Gasteiger partial charge in [-0.3, -0.25) is 14.4 Å². The summed E-state index contributed by atoms with van der Waals surface area (Å²) in [4.78, 5) is 61.5. The maximum atomic E-state index is 13.5. The van der Waals surface area contributed by atoms with Gasteiger partial charge in [-0.1, -0.05) is 45.9 Å². The van der Waals surface area contributed by atoms with Gasteiger partial charge >= 0.3 is 5.97 Å². The SMILES string of the molecule is CC(C)CC(NC(=O)C(Cc1c[nH]c2ccccc12)NC(=O)C(NC(=O)C(N)Cc1cnc[nH]1)C(C)C)C(=O)O. The first-order valence-corrected chi connectivity index (χ1v) is 13.4. The minimum Gasteiger partial charge on any atom is -0.480 e. The molecule has 2 aromatic heterocycles. The summed E-state index contributed by atoms with van der Waals surface area (Å²) < 4.78 is 0. The number of nitrogens with two attached hydrogens (primary N) is 1. The van der Waals surface area contributed by atoms with Crippen LogP contribution in [0.1, 0.15) is 45.4 Å². The molecule has 1 aromatic carbocycles. The molecule has 0 aliphatic heterocycles. The van der Waals surface area contributed by atoms with Crippen LogP contribution in [0.5, 0.6) is 0 Å². The zero-order chi connectivity index (χ0) is 29.4. The second-order valence-electron chi connectivity index (χ2n) is 10.8. The molecule has 0 saturated carbocycles. The maximum absolute atomic E-state index is 13.5. The number of hydrogen-bond donors (Lipinski definition) is 7. The third-order valence-corrected chi connectivity index (χ3v) is 6.63. The lowest BCUT2D eigenvalue weighted by Gasteiger charge is -2.27. The molecule has 3 aromatic rings. The Balaban J connectivity index is 1.80. The van der Waals surface area contributed by atoms with E-state index in [4.69, 9.17) is 5.73 Å². The third kappa shape index (κ3) is 8.15. The van der Waals surface area contributed by atoms with Gasteiger partial charge < -0.3 is 36.8 Å². The van der Waals surface area contributed by atoms with Gasteiger partial charge in [0.15, 0.2) is 0 Å². The molecule has 216 valence electrons. The number of aromatic amines is 2. The number of para-hydroxylation sites is 1. The van der Waals surface area contributed by atoms with Crippen LogP contribution in [0.4, 0.5) is 0 Å². The maximum Gasteiger partial charge on any atom is 0.326 e. The molecule has 12 heteroatoms. The standard InChI is InChI=1S/C28H39N7O5/c1-15(2)9-23(28(39)40)34-26(37)22(10-17-12-31-21-8-6-5-7-19(17)21)33-27(38)24(16(3)4)35-25(36)20(29)11-18-13-30-14-32-18/h5-8,12-16,20,22-24,31H,9-11,29H2,1-4H3,(H,30,32)(H,33,38)(H,34,37)(H,35,36)(H,39,40). The van der Waals surface area contributed by atoms with Gasteiger partial charge in [0.05, 0.1) is 12.4 Å². The van der Waals surface area contributed by atoms with Crippen LogP contribution in [-0.2, 0) is 32.0 Å². The van der Waals surface area contributed by atoms with Crippen molar-refractivity contribution in [2.45, 2.75) is 71.1 Å². The Kier molecular flexibility index (Phi) is 10.4. The average Bonchev–Trinajstić information content (AvgIpc) is 3.55. The van der Waals surface area contributed by atoms with E-state index in [9.17, 15) is 24.3 Å². The van der Waals surface area contributed by atoms with Crippen molar-refractivity contribution in [3.8, 4) is 0 Å². The highest BCUT2D eigenvalue weighted by Crippen LogP contribution is 2.20. The van der Waals surface area contributed by atoms with Gasteiger partial charge in [0, 0.05) is 41.8 Å². The first kappa shape index (κ1) is 30.4. The molecule has 12 nitrogen and oxygen atoms in total. The smallest absolute Gasteiger partial charge is 0.326 e. The van der Waals surface area contributed by atoms with Crippen molar-refractivity contribution in [3.05, 3.63) is 54.2 Å². The Labute approximate surface area is 232 Å². The van der Waals surface area contributed by atoms with Crippen molar-refractivity contribution in [3.63, 3.8) is 0 Å². The quantitative estimate of drug-likeness (QED) is 0.156. The number of hydrogen-bond acceptors (Lipinski definition) is 6. The largest absolute Gasteiger partial charge is 0.480 e. The number of nitrogens with zero attached hydrogens (tertiary/aromatic N) is 1. The molecule has 0 aliphatic carbocycles. The molecule has 0 fully saturated rings. The van der Waals surface area contributed by atoms with Gasteiger partial charge in [-0.25, -0.2) is 9.78 Å². The number of nitrogens with one attached hydrogen (secondary N) is 5. The number of rotatable bonds is 14. The van der Waals surface area contributed by atoms with Crippen LogP contribution in [0.2, 0.25) is 0 Å². The minimum absolute atomic E-state index is 0.0227. The number of fused-ring (bicyclic) bond motifs is 1. The van der Waals surface area contributed by atoms with E-state index in [1.807, 2.05) is 38.1 Å². The highest BCUT2D eigenvalue weighted by molar-refractivity contribution is 5.95. The van der Waals surface area contributed by atoms with Crippen LogP contribution >= 0.6 is 0 Å². The predicted octanol–water partition coefficient (Wildman–Crippen LogP) is 1.24. The molecule has 0 saturated heterocycles. The fourth-order valence-electron chi connectivity index (χ4n) is 4.48. The molecule has 8 N–H and O–H groups in total. The Morgan fingerprint density at radius 2 is 1.62 bits per heavy atom. The van der Waals surface area contributed by atoms with Crippen molar-refractivity contribution < 1.29 is 24.3 Å². The van der Waals surface area contributed by atoms with Crippen molar-refractivity contribution in [2.24, 2.45) is 17.6 Å². The van der Waals surface area contributed by atoms with E-state index >= 15 is 0 Å². The predicted molar refractivity (Wildman–Crippen MR) is 150 cm³/mol. The highest BCUT2D eigenvalue weighted by atomic mass is 16.4. The lowest BCUT2D eigenvalue weighted by Crippen LogP contribution is -2.59. The summed E-state index contributed by atoms with van der Waals surface area (Å²) in [7, 11) is 0. The molecule has 0 aliphatic rings. The molecule has 0 radical (unpaired) electrons. The van der Waals surface area contributed by atoms with Crippen LogP contribution < -0.4 is 21.7 Å². The lowest BCUT2D eigenvalue weighted by molar-refractivity contribution is -0.142. The van der Waals surface area contributed by atoms with E-state index in [0.717, 1.165) is 16.5 Å². The minimum atomic E-state index is -1.15. The normalized spacial score (nSPS) is 14.5. The average molecular weight is 554 g/mol. The van der Waals surface area contributed by atoms with Gasteiger partial charge in [0.1, 0.15) is 18.1 Å². The molecular weight excluding hydrogens is 514 g/mol. The first-order valence-electron chi connectivity index (χ1n) is 13.4. The van der Waals surface area contributed by atoms with Crippen LogP contribution in [0.25, 0.3) is 10.9 Å². The second-order valence-corrected chi connectivity index (χ2v) is 10.8. The van der Waals surface area contributed by atoms with Crippen molar-refractivity contribution in [1.82, 2.24) is 30.9 Å². The Morgan fingerprint density at radius 3 is 2.25 bits per heavy atom. The fraction of sp³-hybridized carbons (Fsp3) is 0.464. The summed E-state index contributed by atoms with van der Waals surface area (Å²) in [5.41, 5.74) is 8.38. The van der Waals surface area contributed by atoms with E-state index in [0.29, 0.717) is 5.69 Å². The summed E-state index contributed by atoms with van der Waals surface area (Å²) >= 11 is 0. The Morgan fingerprint density at radius 1 is 0.925 bits per heavy atom. The topological polar surface area (TPSA) is 195 Å². The van der Waals surface area contributed by atoms with Crippen molar-refractivity contribution >= 4 is 34.6 Å². The second kappa shape index (κ2) is 13.7. The van der Waals surface area contributed by atoms with E-state index in [1.165, 1.54) is 6.33 Å². The van der Waals surface area contributed by atoms with Crippen molar-refractivity contribution in [1.29, 1.82) is 0 Å². The van der Waals surface area contributed by atoms with Crippen LogP contribution in [-0.4, -0.2) is 67.9 Å². The molecule has 3 amide bonds. The van der Waals surface area contributed by atoms with Gasteiger partial charge in [0.25, 0.3) is 0 Å². The Hall–Kier alpha value is -4.19. The zero-order valence-corrected chi connectivity index (χ0v) is 23.2. The number of carboxylic acid groups (broad SMARTS) is 1. The number of imidazole rings is 1. The molecule has 40 heavy (non-hydrogen) atoms. The number of carboxylic acids is 1. The van der Waals surface area contributed by atoms with Gasteiger partial charge in [0.2, 0.25) is 17.7 Å². The van der Waals surface area contributed by atoms with Crippen molar-refractivity contribution in [2.75, 3.05) is 0 Å². The van der Waals surface area contributed by atoms with Crippen LogP contribution in [0, 0.1) is 11.8 Å². The molecule has 4 atom stereocenters. The lowest BCUT2D eigenvalue weighted by atomic mass is 9.99. The third-order valence-electron chi connectivity index (χ3n) is 6.63. The molecule has 0 bridgehead atoms. The number of H-pyrrole nitrogens is 2. The van der Waals surface area contributed by atoms with E-state index in [1.54, 1.807) is 26.2 Å². The Bertz CT molecular complexity index is 1300. The summed E-state index contributed by atoms with van der Waals surface area (Å²) in [6.45, 7) is 7.26. The molecule has 4 unspecified atom stereocenters. The highest BCUT2D eigenvalue weighted by Gasteiger charge is 2.32. The van der Waals surface area contributed by atoms with Gasteiger partial charge in [-0.05, 0) is 29.9 Å². The monoisotopic (exact) mass is 553 g/mol. The molecular formula is C28H39N7O5. The van der Waals surface area contributed by atoms with Crippen LogP contribution in [0.15, 0.2) is 43.0 Å². The summed E-state index contributed by atoms with van der Waals surface area (Å²) in [5.74, 6) is -3.19. The number of aliphatic carboxylic acids is 1. The van der Waals surface area contributed by atoms with Gasteiger partial charge in [-0.15, -0.1) is 0 Å². The molecule has 0 spiro atoms. The summed E-state index contributed by atoms with van der Waals surface area (Å²) in [6.07, 6.45) is 5.35. The fourth-order valence-corrected chi connectivity index (χ4v) is 4.48. The van der Waals surface area contributed by atoms with E-state index in [2.05, 4.69) is 30.9 Å². The summed E-state index contributed by atoms with van der Waals surface area (Å²) in [6, 6.07) is 3.42. The summed E-state index contributed by atoms with van der Waals surface area (Å²) in [5, 5.41) is 18.6. The van der Waals surface area contributed by atoms with Crippen LogP contribution in [0.3, 0.4) is 0 Å². The number of aromatic nitrogens is 3. The number of carbonyl (C=O) groups excluding carboxylic acids is 3. The van der Waals surface area contributed by atoms with E-state index < -0.39 is 47.9 Å².